The predicted molar refractivity (Wildman–Crippen MR) is 135 cm³/mol. The van der Waals surface area contributed by atoms with Gasteiger partial charge in [0.05, 0.1) is 14.7 Å². The summed E-state index contributed by atoms with van der Waals surface area (Å²) in [5.41, 5.74) is 1.28. The minimum Gasteiger partial charge on any atom is -0.478 e. The minimum absolute atomic E-state index is 0.165. The summed E-state index contributed by atoms with van der Waals surface area (Å²) in [4.78, 5) is 24.8. The van der Waals surface area contributed by atoms with E-state index in [0.29, 0.717) is 28.6 Å². The van der Waals surface area contributed by atoms with Crippen molar-refractivity contribution >= 4 is 51.2 Å². The Hall–Kier alpha value is -1.90. The van der Waals surface area contributed by atoms with Crippen molar-refractivity contribution in [3.8, 4) is 0 Å². The molecule has 4 rings (SSSR count). The third kappa shape index (κ3) is 4.58. The van der Waals surface area contributed by atoms with Gasteiger partial charge in [-0.3, -0.25) is 4.79 Å². The molecule has 0 bridgehead atoms. The highest BCUT2D eigenvalue weighted by Gasteiger charge is 2.34. The lowest BCUT2D eigenvalue weighted by Crippen LogP contribution is -2.27. The molecule has 0 spiro atoms. The Morgan fingerprint density at radius 3 is 2.56 bits per heavy atom. The summed E-state index contributed by atoms with van der Waals surface area (Å²) in [5, 5.41) is 13.1. The molecule has 0 amide bonds. The van der Waals surface area contributed by atoms with Crippen LogP contribution in [-0.4, -0.2) is 21.7 Å². The zero-order valence-corrected chi connectivity index (χ0v) is 20.6. The minimum atomic E-state index is -1.04. The molecular formula is C25H30FIN2O3. The van der Waals surface area contributed by atoms with Crippen molar-refractivity contribution in [3.05, 3.63) is 45.5 Å². The molecule has 0 radical (unpaired) electrons. The first-order valence-electron chi connectivity index (χ1n) is 11.6. The monoisotopic (exact) mass is 552 g/mol. The molecular weight excluding hydrogens is 522 g/mol. The predicted octanol–water partition coefficient (Wildman–Crippen LogP) is 6.43. The maximum atomic E-state index is 15.1. The molecule has 0 atom stereocenters. The highest BCUT2D eigenvalue weighted by atomic mass is 127. The lowest BCUT2D eigenvalue weighted by molar-refractivity contribution is -0.132. The van der Waals surface area contributed by atoms with Gasteiger partial charge < -0.3 is 15.0 Å². The standard InChI is InChI=1S/C25H30FIN2O3/c1-2-16(24(31)32)12-17-15-29(25(27)10-6-7-11-25)22-14-21(20(26)13-19(22)23(17)30)28-18-8-4-3-5-9-18/h12-15,18,28H,2-11H2,1H3,(H,31,32). The number of rotatable bonds is 6. The summed E-state index contributed by atoms with van der Waals surface area (Å²) in [5.74, 6) is -1.47. The average molecular weight is 552 g/mol. The molecule has 1 aromatic heterocycles. The molecule has 172 valence electrons. The Labute approximate surface area is 201 Å². The van der Waals surface area contributed by atoms with Gasteiger partial charge in [-0.15, -0.1) is 0 Å². The summed E-state index contributed by atoms with van der Waals surface area (Å²) in [6.45, 7) is 1.75. The summed E-state index contributed by atoms with van der Waals surface area (Å²) >= 11 is 2.45. The van der Waals surface area contributed by atoms with Gasteiger partial charge in [0.15, 0.2) is 5.43 Å². The summed E-state index contributed by atoms with van der Waals surface area (Å²) < 4.78 is 17.0. The molecule has 2 aliphatic rings. The van der Waals surface area contributed by atoms with Crippen LogP contribution in [0.3, 0.4) is 0 Å². The highest BCUT2D eigenvalue weighted by Crippen LogP contribution is 2.44. The first-order chi connectivity index (χ1) is 15.3. The van der Waals surface area contributed by atoms with Gasteiger partial charge in [-0.25, -0.2) is 9.18 Å². The SMILES string of the molecule is CCC(=Cc1cn(C2(I)CCCC2)c2cc(NC3CCCCC3)c(F)cc2c1=O)C(=O)O. The van der Waals surface area contributed by atoms with Crippen molar-refractivity contribution in [3.63, 3.8) is 0 Å². The Bertz CT molecular complexity index is 1110. The number of pyridine rings is 1. The summed E-state index contributed by atoms with van der Waals surface area (Å²) in [6, 6.07) is 3.36. The van der Waals surface area contributed by atoms with Gasteiger partial charge in [0.2, 0.25) is 0 Å². The summed E-state index contributed by atoms with van der Waals surface area (Å²) in [7, 11) is 0. The topological polar surface area (TPSA) is 71.3 Å². The molecule has 7 heteroatoms. The van der Waals surface area contributed by atoms with Crippen LogP contribution in [0.15, 0.2) is 28.7 Å². The highest BCUT2D eigenvalue weighted by molar-refractivity contribution is 14.1. The zero-order chi connectivity index (χ0) is 22.9. The molecule has 0 aliphatic heterocycles. The first kappa shape index (κ1) is 23.3. The van der Waals surface area contributed by atoms with Crippen LogP contribution in [0.2, 0.25) is 0 Å². The number of carboxylic acids is 1. The van der Waals surface area contributed by atoms with E-state index < -0.39 is 11.8 Å². The van der Waals surface area contributed by atoms with Crippen molar-refractivity contribution < 1.29 is 14.3 Å². The number of carboxylic acid groups (broad SMARTS) is 1. The van der Waals surface area contributed by atoms with Crippen molar-refractivity contribution in [2.45, 2.75) is 80.7 Å². The fourth-order valence-electron chi connectivity index (χ4n) is 5.04. The number of aromatic nitrogens is 1. The third-order valence-corrected chi connectivity index (χ3v) is 8.47. The molecule has 1 heterocycles. The van der Waals surface area contributed by atoms with E-state index in [0.717, 1.165) is 51.4 Å². The number of anilines is 1. The van der Waals surface area contributed by atoms with E-state index in [1.807, 2.05) is 0 Å². The van der Waals surface area contributed by atoms with Crippen LogP contribution in [-0.2, 0) is 8.34 Å². The second-order valence-electron chi connectivity index (χ2n) is 9.07. The Morgan fingerprint density at radius 1 is 1.25 bits per heavy atom. The molecule has 0 unspecified atom stereocenters. The molecule has 2 fully saturated rings. The van der Waals surface area contributed by atoms with Gasteiger partial charge in [0.1, 0.15) is 5.82 Å². The van der Waals surface area contributed by atoms with Crippen LogP contribution in [0.1, 0.15) is 76.7 Å². The average Bonchev–Trinajstić information content (AvgIpc) is 3.22. The van der Waals surface area contributed by atoms with Gasteiger partial charge in [0.25, 0.3) is 0 Å². The fourth-order valence-corrected chi connectivity index (χ4v) is 6.20. The van der Waals surface area contributed by atoms with Crippen LogP contribution in [0.4, 0.5) is 10.1 Å². The number of hydrogen-bond donors (Lipinski definition) is 2. The third-order valence-electron chi connectivity index (χ3n) is 6.87. The number of aliphatic carboxylic acids is 1. The maximum absolute atomic E-state index is 15.1. The lowest BCUT2D eigenvalue weighted by Gasteiger charge is -2.29. The number of halogens is 2. The molecule has 2 saturated carbocycles. The normalized spacial score (nSPS) is 19.4. The van der Waals surface area contributed by atoms with Crippen LogP contribution in [0.5, 0.6) is 0 Å². The van der Waals surface area contributed by atoms with Crippen LogP contribution in [0.25, 0.3) is 17.0 Å². The maximum Gasteiger partial charge on any atom is 0.331 e. The second-order valence-corrected chi connectivity index (χ2v) is 11.1. The zero-order valence-electron chi connectivity index (χ0n) is 18.4. The Balaban J connectivity index is 1.90. The molecule has 0 saturated heterocycles. The van der Waals surface area contributed by atoms with Crippen LogP contribution in [0, 0.1) is 5.82 Å². The number of fused-ring (bicyclic) bond motifs is 1. The first-order valence-corrected chi connectivity index (χ1v) is 12.7. The second kappa shape index (κ2) is 9.53. The van der Waals surface area contributed by atoms with Gasteiger partial charge >= 0.3 is 5.97 Å². The lowest BCUT2D eigenvalue weighted by atomic mass is 9.95. The quantitative estimate of drug-likeness (QED) is 0.246. The summed E-state index contributed by atoms with van der Waals surface area (Å²) in [6.07, 6.45) is 13.2. The van der Waals surface area contributed by atoms with Crippen LogP contribution < -0.4 is 10.7 Å². The fraction of sp³-hybridized carbons (Fsp3) is 0.520. The van der Waals surface area contributed by atoms with Gasteiger partial charge in [-0.05, 0) is 50.3 Å². The molecule has 5 nitrogen and oxygen atoms in total. The van der Waals surface area contributed by atoms with E-state index in [2.05, 4.69) is 32.5 Å². The largest absolute Gasteiger partial charge is 0.478 e. The van der Waals surface area contributed by atoms with Crippen molar-refractivity contribution in [1.82, 2.24) is 4.57 Å². The van der Waals surface area contributed by atoms with Gasteiger partial charge in [-0.1, -0.05) is 61.6 Å². The van der Waals surface area contributed by atoms with Crippen molar-refractivity contribution in [1.29, 1.82) is 0 Å². The van der Waals surface area contributed by atoms with Crippen molar-refractivity contribution in [2.75, 3.05) is 5.32 Å². The number of nitrogens with zero attached hydrogens (tertiary/aromatic N) is 1. The number of hydrogen-bond acceptors (Lipinski definition) is 3. The number of nitrogens with one attached hydrogen (secondary N) is 1. The molecule has 2 N–H and O–H groups in total. The van der Waals surface area contributed by atoms with Crippen LogP contribution >= 0.6 is 22.6 Å². The molecule has 1 aromatic carbocycles. The van der Waals surface area contributed by atoms with E-state index in [4.69, 9.17) is 0 Å². The number of benzene rings is 1. The molecule has 32 heavy (non-hydrogen) atoms. The van der Waals surface area contributed by atoms with E-state index in [1.54, 1.807) is 19.2 Å². The van der Waals surface area contributed by atoms with E-state index >= 15 is 4.39 Å². The smallest absolute Gasteiger partial charge is 0.331 e. The Morgan fingerprint density at radius 2 is 1.94 bits per heavy atom. The van der Waals surface area contributed by atoms with Gasteiger partial charge in [0, 0.05) is 28.8 Å². The molecule has 2 aromatic rings. The Kier molecular flexibility index (Phi) is 6.93. The van der Waals surface area contributed by atoms with Gasteiger partial charge in [-0.2, -0.15) is 0 Å². The number of carbonyl (C=O) groups is 1. The number of alkyl halides is 1. The van der Waals surface area contributed by atoms with E-state index in [9.17, 15) is 14.7 Å². The van der Waals surface area contributed by atoms with Crippen molar-refractivity contribution in [2.24, 2.45) is 0 Å². The van der Waals surface area contributed by atoms with E-state index in [-0.39, 0.29) is 20.6 Å². The van der Waals surface area contributed by atoms with E-state index in [1.165, 1.54) is 18.6 Å². The molecule has 2 aliphatic carbocycles.